The summed E-state index contributed by atoms with van der Waals surface area (Å²) < 4.78 is 55.5. The number of amides is 1. The summed E-state index contributed by atoms with van der Waals surface area (Å²) in [5.74, 6) is -0.369. The van der Waals surface area contributed by atoms with Crippen molar-refractivity contribution in [1.82, 2.24) is 4.98 Å². The molecule has 40 heavy (non-hydrogen) atoms. The van der Waals surface area contributed by atoms with E-state index in [1.807, 2.05) is 0 Å². The Morgan fingerprint density at radius 3 is 1.88 bits per heavy atom. The summed E-state index contributed by atoms with van der Waals surface area (Å²) in [4.78, 5) is 35.1. The molecule has 206 valence electrons. The topological polar surface area (TPSA) is 200 Å². The summed E-state index contributed by atoms with van der Waals surface area (Å²) in [6, 6.07) is 12.9. The normalized spacial score (nSPS) is 11.5. The number of sulfonamides is 2. The molecule has 1 aromatic heterocycles. The first-order valence-electron chi connectivity index (χ1n) is 10.9. The smallest absolute Gasteiger partial charge is 0.277 e. The minimum Gasteiger partial charge on any atom is -0.302 e. The highest BCUT2D eigenvalue weighted by Gasteiger charge is 2.38. The van der Waals surface area contributed by atoms with Gasteiger partial charge < -0.3 is 5.32 Å². The van der Waals surface area contributed by atoms with Crippen LogP contribution < -0.4 is 9.03 Å². The Labute approximate surface area is 230 Å². The summed E-state index contributed by atoms with van der Waals surface area (Å²) in [7, 11) is -10.1. The van der Waals surface area contributed by atoms with Crippen molar-refractivity contribution in [1.29, 1.82) is 0 Å². The van der Waals surface area contributed by atoms with Crippen LogP contribution in [0, 0.1) is 20.2 Å². The summed E-state index contributed by atoms with van der Waals surface area (Å²) in [6.07, 6.45) is 0. The van der Waals surface area contributed by atoms with E-state index in [2.05, 4.69) is 10.3 Å². The second-order valence-corrected chi connectivity index (χ2v) is 12.6. The number of nitrogens with one attached hydrogen (secondary N) is 1. The zero-order valence-corrected chi connectivity index (χ0v) is 22.6. The average Bonchev–Trinajstić information content (AvgIpc) is 3.36. The summed E-state index contributed by atoms with van der Waals surface area (Å²) in [6.45, 7) is 1.29. The standard InChI is InChI=1S/C23H17N5O9S3/c1-15(29)24-23-25-22(14-38-23)16-5-2-8-19(11-16)28(39(34,35)20-9-3-6-17(12-20)26(30)31)40(36,37)21-10-4-7-18(13-21)27(32)33/h2-14H,1H3,(H,24,25,29). The van der Waals surface area contributed by atoms with Crippen molar-refractivity contribution in [3.8, 4) is 11.3 Å². The van der Waals surface area contributed by atoms with Gasteiger partial charge in [-0.2, -0.15) is 3.71 Å². The number of carbonyl (C=O) groups is 1. The van der Waals surface area contributed by atoms with E-state index in [1.165, 1.54) is 31.2 Å². The van der Waals surface area contributed by atoms with E-state index in [4.69, 9.17) is 0 Å². The maximum Gasteiger partial charge on any atom is 0.277 e. The van der Waals surface area contributed by atoms with Gasteiger partial charge in [-0.3, -0.25) is 25.0 Å². The van der Waals surface area contributed by atoms with Gasteiger partial charge in [0, 0.05) is 42.1 Å². The molecule has 1 heterocycles. The van der Waals surface area contributed by atoms with Crippen LogP contribution in [0.3, 0.4) is 0 Å². The molecule has 0 aliphatic carbocycles. The Morgan fingerprint density at radius 2 is 1.38 bits per heavy atom. The molecule has 0 unspecified atom stereocenters. The van der Waals surface area contributed by atoms with Gasteiger partial charge in [-0.15, -0.1) is 11.3 Å². The van der Waals surface area contributed by atoms with Crippen LogP contribution in [0.25, 0.3) is 11.3 Å². The van der Waals surface area contributed by atoms with Crippen LogP contribution in [-0.2, 0) is 24.8 Å². The van der Waals surface area contributed by atoms with Crippen LogP contribution >= 0.6 is 11.3 Å². The molecule has 0 atom stereocenters. The molecule has 1 amide bonds. The van der Waals surface area contributed by atoms with Crippen LogP contribution in [0.1, 0.15) is 6.92 Å². The molecular formula is C23H17N5O9S3. The molecule has 1 N–H and O–H groups in total. The van der Waals surface area contributed by atoms with Crippen molar-refractivity contribution in [3.05, 3.63) is 98.4 Å². The maximum absolute atomic E-state index is 13.8. The van der Waals surface area contributed by atoms with Crippen LogP contribution in [0.4, 0.5) is 22.2 Å². The van der Waals surface area contributed by atoms with Crippen LogP contribution in [0.2, 0.25) is 0 Å². The maximum atomic E-state index is 13.8. The third-order valence-corrected chi connectivity index (χ3v) is 10.2. The molecule has 0 fully saturated rings. The number of anilines is 2. The van der Waals surface area contributed by atoms with E-state index < -0.39 is 56.7 Å². The second-order valence-electron chi connectivity index (χ2n) is 7.99. The number of rotatable bonds is 9. The van der Waals surface area contributed by atoms with Crippen molar-refractivity contribution in [3.63, 3.8) is 0 Å². The molecule has 4 aromatic rings. The quantitative estimate of drug-likeness (QED) is 0.214. The molecule has 0 saturated heterocycles. The Morgan fingerprint density at radius 1 is 0.850 bits per heavy atom. The van der Waals surface area contributed by atoms with Gasteiger partial charge in [-0.05, 0) is 24.3 Å². The molecule has 0 aliphatic rings. The third-order valence-electron chi connectivity index (χ3n) is 5.23. The van der Waals surface area contributed by atoms with Crippen molar-refractivity contribution in [2.24, 2.45) is 0 Å². The fourth-order valence-electron chi connectivity index (χ4n) is 3.51. The van der Waals surface area contributed by atoms with Gasteiger partial charge >= 0.3 is 0 Å². The first kappa shape index (κ1) is 28.3. The van der Waals surface area contributed by atoms with Gasteiger partial charge in [-0.1, -0.05) is 24.3 Å². The van der Waals surface area contributed by atoms with Gasteiger partial charge in [0.2, 0.25) is 5.91 Å². The fraction of sp³-hybridized carbons (Fsp3) is 0.0435. The van der Waals surface area contributed by atoms with E-state index in [0.29, 0.717) is 12.1 Å². The van der Waals surface area contributed by atoms with Crippen LogP contribution in [0.5, 0.6) is 0 Å². The van der Waals surface area contributed by atoms with Crippen molar-refractivity contribution >= 4 is 59.5 Å². The Bertz CT molecular complexity index is 1780. The first-order valence-corrected chi connectivity index (χ1v) is 14.7. The molecular weight excluding hydrogens is 586 g/mol. The molecule has 0 bridgehead atoms. The third kappa shape index (κ3) is 5.65. The molecule has 17 heteroatoms. The number of benzene rings is 3. The van der Waals surface area contributed by atoms with E-state index in [9.17, 15) is 41.9 Å². The molecule has 3 aromatic carbocycles. The summed E-state index contributed by atoms with van der Waals surface area (Å²) in [5.41, 5.74) is -1.04. The van der Waals surface area contributed by atoms with Crippen molar-refractivity contribution in [2.45, 2.75) is 16.7 Å². The zero-order chi connectivity index (χ0) is 29.2. The fourth-order valence-corrected chi connectivity index (χ4v) is 8.03. The van der Waals surface area contributed by atoms with Gasteiger partial charge in [0.1, 0.15) is 0 Å². The number of carbonyl (C=O) groups excluding carboxylic acids is 1. The number of thiazole rings is 1. The average molecular weight is 604 g/mol. The lowest BCUT2D eigenvalue weighted by Crippen LogP contribution is -2.37. The number of nitrogens with zero attached hydrogens (tertiary/aromatic N) is 4. The SMILES string of the molecule is CC(=O)Nc1nc(-c2cccc(N(S(=O)(=O)c3cccc([N+](=O)[O-])c3)S(=O)(=O)c3cccc([N+](=O)[O-])c3)c2)cs1. The Hall–Kier alpha value is -4.74. The number of hydrogen-bond donors (Lipinski definition) is 1. The predicted octanol–water partition coefficient (Wildman–Crippen LogP) is 4.17. The monoisotopic (exact) mass is 603 g/mol. The largest absolute Gasteiger partial charge is 0.302 e. The number of hydrogen-bond acceptors (Lipinski definition) is 11. The Kier molecular flexibility index (Phi) is 7.63. The number of nitro groups is 2. The highest BCUT2D eigenvalue weighted by molar-refractivity contribution is 8.10. The van der Waals surface area contributed by atoms with Gasteiger partial charge in [0.25, 0.3) is 31.4 Å². The summed E-state index contributed by atoms with van der Waals surface area (Å²) in [5, 5.41) is 26.9. The van der Waals surface area contributed by atoms with Gasteiger partial charge in [0.15, 0.2) is 5.13 Å². The second kappa shape index (κ2) is 10.8. The highest BCUT2D eigenvalue weighted by Crippen LogP contribution is 2.35. The lowest BCUT2D eigenvalue weighted by molar-refractivity contribution is -0.385. The van der Waals surface area contributed by atoms with E-state index in [-0.39, 0.29) is 26.0 Å². The molecule has 0 radical (unpaired) electrons. The molecule has 0 spiro atoms. The van der Waals surface area contributed by atoms with E-state index >= 15 is 0 Å². The highest BCUT2D eigenvalue weighted by atomic mass is 32.3. The first-order chi connectivity index (χ1) is 18.8. The molecule has 0 aliphatic heterocycles. The van der Waals surface area contributed by atoms with E-state index in [0.717, 1.165) is 47.7 Å². The lowest BCUT2D eigenvalue weighted by atomic mass is 10.1. The summed E-state index contributed by atoms with van der Waals surface area (Å²) >= 11 is 1.08. The molecule has 4 rings (SSSR count). The number of non-ortho nitro benzene ring substituents is 2. The zero-order valence-electron chi connectivity index (χ0n) is 20.2. The minimum absolute atomic E-state index is 0.0583. The predicted molar refractivity (Wildman–Crippen MR) is 145 cm³/mol. The van der Waals surface area contributed by atoms with Gasteiger partial charge in [-0.25, -0.2) is 21.8 Å². The molecule has 0 saturated carbocycles. The van der Waals surface area contributed by atoms with E-state index in [1.54, 1.807) is 5.38 Å². The van der Waals surface area contributed by atoms with Crippen molar-refractivity contribution in [2.75, 3.05) is 9.03 Å². The Balaban J connectivity index is 1.94. The number of aromatic nitrogens is 1. The van der Waals surface area contributed by atoms with Crippen molar-refractivity contribution < 1.29 is 31.5 Å². The van der Waals surface area contributed by atoms with Gasteiger partial charge in [0.05, 0.1) is 31.0 Å². The minimum atomic E-state index is -5.06. The lowest BCUT2D eigenvalue weighted by Gasteiger charge is -2.24. The molecule has 14 nitrogen and oxygen atoms in total. The van der Waals surface area contributed by atoms with Crippen LogP contribution in [0.15, 0.2) is 88.0 Å². The number of nitro benzene ring substituents is 2. The van der Waals surface area contributed by atoms with Crippen LogP contribution in [-0.4, -0.2) is 37.6 Å².